The number of hydrazine groups is 5. The molecule has 0 bridgehead atoms. The summed E-state index contributed by atoms with van der Waals surface area (Å²) < 4.78 is 16.8. The average molecular weight is 158 g/mol. The van der Waals surface area contributed by atoms with Crippen LogP contribution in [0.3, 0.4) is 0 Å². The highest BCUT2D eigenvalue weighted by Gasteiger charge is 1.62. The van der Waals surface area contributed by atoms with Crippen LogP contribution in [-0.4, -0.2) is 8.42 Å². The molecule has 0 saturated carbocycles. The monoisotopic (exact) mass is 158 g/mol. The van der Waals surface area contributed by atoms with Gasteiger partial charge in [-0.05, 0) is 0 Å². The van der Waals surface area contributed by atoms with Gasteiger partial charge in [0, 0.05) is 0 Å². The summed E-state index contributed by atoms with van der Waals surface area (Å²) in [5.41, 5.74) is 8.61. The summed E-state index contributed by atoms with van der Waals surface area (Å²) in [7, 11) is 0. The van der Waals surface area contributed by atoms with Crippen LogP contribution in [0.15, 0.2) is 0 Å². The molecule has 9 heteroatoms. The Labute approximate surface area is 54.8 Å². The standard InChI is InChI=1S/H8N6.H2O2S/c1-3-5-6-4-2;1-3-2/h3-6H,1-2H2;3H2. The van der Waals surface area contributed by atoms with Crippen molar-refractivity contribution in [1.29, 1.82) is 0 Å². The van der Waals surface area contributed by atoms with Gasteiger partial charge in [0.05, 0.1) is 0 Å². The smallest absolute Gasteiger partial charge is 0.129 e. The average Bonchev–Trinajstić information content (AvgIpc) is 1.86. The molecule has 0 amide bonds. The third-order valence-corrected chi connectivity index (χ3v) is 0.207. The maximum atomic E-state index is 8.40. The van der Waals surface area contributed by atoms with Crippen molar-refractivity contribution in [2.45, 2.75) is 0 Å². The van der Waals surface area contributed by atoms with E-state index in [1.807, 2.05) is 0 Å². The quantitative estimate of drug-likeness (QED) is 0.138. The Morgan fingerprint density at radius 3 is 1.33 bits per heavy atom. The van der Waals surface area contributed by atoms with Crippen molar-refractivity contribution in [2.24, 2.45) is 11.7 Å². The van der Waals surface area contributed by atoms with Crippen LogP contribution in [0.4, 0.5) is 0 Å². The van der Waals surface area contributed by atoms with Gasteiger partial charge in [-0.2, -0.15) is 22.1 Å². The van der Waals surface area contributed by atoms with Crippen molar-refractivity contribution in [1.82, 2.24) is 22.1 Å². The van der Waals surface area contributed by atoms with Gasteiger partial charge in [-0.25, -0.2) is 8.42 Å². The molecule has 0 rings (SSSR count). The molecule has 0 spiro atoms. The van der Waals surface area contributed by atoms with Gasteiger partial charge in [0.1, 0.15) is 11.6 Å². The largest absolute Gasteiger partial charge is 0.257 e. The summed E-state index contributed by atoms with van der Waals surface area (Å²) in [4.78, 5) is 0. The molecule has 58 valence electrons. The van der Waals surface area contributed by atoms with Crippen LogP contribution >= 0.6 is 0 Å². The summed E-state index contributed by atoms with van der Waals surface area (Å²) in [6, 6.07) is 0. The molecule has 8 nitrogen and oxygen atoms in total. The van der Waals surface area contributed by atoms with Crippen molar-refractivity contribution in [3.8, 4) is 0 Å². The Bertz CT molecular complexity index is 63.5. The predicted molar refractivity (Wildman–Crippen MR) is 32.6 cm³/mol. The van der Waals surface area contributed by atoms with E-state index in [-0.39, 0.29) is 0 Å². The number of nitrogens with one attached hydrogen (secondary N) is 4. The lowest BCUT2D eigenvalue weighted by Gasteiger charge is -1.98. The van der Waals surface area contributed by atoms with Gasteiger partial charge >= 0.3 is 0 Å². The fourth-order valence-corrected chi connectivity index (χ4v) is 0.0722. The topological polar surface area (TPSA) is 134 Å². The van der Waals surface area contributed by atoms with Crippen LogP contribution in [0.1, 0.15) is 0 Å². The van der Waals surface area contributed by atoms with Crippen LogP contribution in [0.5, 0.6) is 0 Å². The van der Waals surface area contributed by atoms with Gasteiger partial charge in [0.25, 0.3) is 0 Å². The second kappa shape index (κ2) is 15.6. The Balaban J connectivity index is 0. The van der Waals surface area contributed by atoms with Gasteiger partial charge in [0.15, 0.2) is 0 Å². The number of nitrogens with two attached hydrogens (primary N) is 2. The lowest BCUT2D eigenvalue weighted by Crippen LogP contribution is -2.55. The third-order valence-electron chi connectivity index (χ3n) is 0.207. The van der Waals surface area contributed by atoms with Crippen molar-refractivity contribution in [3.05, 3.63) is 0 Å². The van der Waals surface area contributed by atoms with Gasteiger partial charge in [-0.15, -0.1) is 0 Å². The van der Waals surface area contributed by atoms with Crippen LogP contribution in [-0.2, 0) is 11.6 Å². The number of rotatable bonds is 3. The molecule has 0 atom stereocenters. The molecule has 0 aliphatic carbocycles. The molecule has 0 heterocycles. The summed E-state index contributed by atoms with van der Waals surface area (Å²) >= 11 is -1.42. The summed E-state index contributed by atoms with van der Waals surface area (Å²) in [6.45, 7) is 0. The van der Waals surface area contributed by atoms with E-state index < -0.39 is 11.6 Å². The lowest BCUT2D eigenvalue weighted by atomic mass is 12.2. The van der Waals surface area contributed by atoms with E-state index in [2.05, 4.69) is 22.1 Å². The summed E-state index contributed by atoms with van der Waals surface area (Å²) in [5.74, 6) is 9.39. The first kappa shape index (κ1) is 11.5. The van der Waals surface area contributed by atoms with Crippen molar-refractivity contribution in [3.63, 3.8) is 0 Å². The second-order valence-corrected chi connectivity index (χ2v) is 0.789. The minimum atomic E-state index is -1.42. The minimum absolute atomic E-state index is 1.42. The Hall–Kier alpha value is -0.290. The molecule has 0 saturated heterocycles. The summed E-state index contributed by atoms with van der Waals surface area (Å²) in [6.07, 6.45) is 0. The molecule has 0 aliphatic rings. The molecule has 0 unspecified atom stereocenters. The molecule has 0 aliphatic heterocycles. The maximum Gasteiger partial charge on any atom is 0.129 e. The zero-order valence-corrected chi connectivity index (χ0v) is 5.47. The number of hydrogen-bond acceptors (Lipinski definition) is 8. The molecule has 9 heavy (non-hydrogen) atoms. The van der Waals surface area contributed by atoms with Crippen molar-refractivity contribution >= 4 is 11.6 Å². The molecular weight excluding hydrogens is 148 g/mol. The zero-order chi connectivity index (χ0) is 7.54. The molecule has 0 aromatic heterocycles. The van der Waals surface area contributed by atoms with Crippen LogP contribution in [0, 0.1) is 0 Å². The molecule has 8 N–H and O–H groups in total. The van der Waals surface area contributed by atoms with Gasteiger partial charge in [-0.3, -0.25) is 11.7 Å². The highest BCUT2D eigenvalue weighted by atomic mass is 32.1. The van der Waals surface area contributed by atoms with Gasteiger partial charge < -0.3 is 0 Å². The van der Waals surface area contributed by atoms with Gasteiger partial charge in [-0.1, -0.05) is 0 Å². The molecule has 0 aromatic rings. The second-order valence-electron chi connectivity index (χ2n) is 0.622. The highest BCUT2D eigenvalue weighted by molar-refractivity contribution is 7.51. The van der Waals surface area contributed by atoms with Crippen molar-refractivity contribution < 1.29 is 8.42 Å². The molecular formula is H10N6O2S. The molecule has 0 aromatic carbocycles. The van der Waals surface area contributed by atoms with Crippen molar-refractivity contribution in [2.75, 3.05) is 0 Å². The normalized spacial score (nSPS) is 7.78. The van der Waals surface area contributed by atoms with E-state index in [1.54, 1.807) is 0 Å². The SMILES string of the molecule is NNNNNN.O=[SH2]=O. The van der Waals surface area contributed by atoms with E-state index in [0.29, 0.717) is 0 Å². The van der Waals surface area contributed by atoms with E-state index >= 15 is 0 Å². The maximum absolute atomic E-state index is 8.40. The lowest BCUT2D eigenvalue weighted by molar-refractivity contribution is 0.381. The Morgan fingerprint density at radius 1 is 1.00 bits per heavy atom. The fraction of sp³-hybridized carbons (Fsp3) is 0. The van der Waals surface area contributed by atoms with Crippen LogP contribution in [0.25, 0.3) is 0 Å². The van der Waals surface area contributed by atoms with E-state index in [1.165, 1.54) is 0 Å². The first-order valence-electron chi connectivity index (χ1n) is 1.74. The first-order chi connectivity index (χ1) is 4.33. The van der Waals surface area contributed by atoms with E-state index in [9.17, 15) is 0 Å². The highest BCUT2D eigenvalue weighted by Crippen LogP contribution is 1.07. The van der Waals surface area contributed by atoms with Gasteiger partial charge in [0.2, 0.25) is 0 Å². The number of hydrogen-bond donors (Lipinski definition) is 6. The minimum Gasteiger partial charge on any atom is -0.257 e. The Morgan fingerprint density at radius 2 is 1.22 bits per heavy atom. The van der Waals surface area contributed by atoms with Crippen LogP contribution < -0.4 is 33.8 Å². The first-order valence-corrected chi connectivity index (χ1v) is 2.55. The zero-order valence-electron chi connectivity index (χ0n) is 4.47. The van der Waals surface area contributed by atoms with E-state index in [0.717, 1.165) is 0 Å². The Kier molecular flexibility index (Phi) is 20.0. The van der Waals surface area contributed by atoms with Crippen LogP contribution in [0.2, 0.25) is 0 Å². The molecule has 0 fully saturated rings. The summed E-state index contributed by atoms with van der Waals surface area (Å²) in [5, 5.41) is 0. The predicted octanol–water partition coefficient (Wildman–Crippen LogP) is -4.37. The third kappa shape index (κ3) is 34.2. The fourth-order valence-electron chi connectivity index (χ4n) is 0.0722. The molecule has 0 radical (unpaired) electrons. The van der Waals surface area contributed by atoms with E-state index in [4.69, 9.17) is 20.1 Å².